The monoisotopic (exact) mass is 100 g/mol. The van der Waals surface area contributed by atoms with Gasteiger partial charge in [-0.15, -0.1) is 0 Å². The molecular formula is C4H10NSi. The van der Waals surface area contributed by atoms with Crippen LogP contribution >= 0.6 is 0 Å². The van der Waals surface area contributed by atoms with Crippen molar-refractivity contribution in [3.63, 3.8) is 0 Å². The van der Waals surface area contributed by atoms with Gasteiger partial charge in [0.05, 0.1) is 0 Å². The third-order valence-electron chi connectivity index (χ3n) is 0. The highest BCUT2D eigenvalue weighted by atomic mass is 28.3. The molecule has 0 saturated heterocycles. The van der Waals surface area contributed by atoms with Crippen LogP contribution in [0.15, 0.2) is 0 Å². The van der Waals surface area contributed by atoms with Crippen LogP contribution in [0.5, 0.6) is 0 Å². The van der Waals surface area contributed by atoms with E-state index in [1.165, 1.54) is 0 Å². The van der Waals surface area contributed by atoms with E-state index in [0.717, 1.165) is 0 Å². The van der Waals surface area contributed by atoms with E-state index in [0.29, 0.717) is 0 Å². The molecular weight excluding hydrogens is 90.1 g/mol. The molecule has 0 aromatic heterocycles. The maximum Gasteiger partial charge on any atom is 0.0462 e. The minimum atomic E-state index is 0.120. The fourth-order valence-corrected chi connectivity index (χ4v) is 0. The van der Waals surface area contributed by atoms with Crippen molar-refractivity contribution in [2.45, 2.75) is 19.6 Å². The number of hydrogen-bond acceptors (Lipinski definition) is 1. The summed E-state index contributed by atoms with van der Waals surface area (Å²) in [6.07, 6.45) is 0. The molecule has 1 radical (unpaired) electrons. The summed E-state index contributed by atoms with van der Waals surface area (Å²) >= 11 is 0. The summed E-state index contributed by atoms with van der Waals surface area (Å²) in [6, 6.07) is 0. The second-order valence-corrected chi connectivity index (χ2v) is 4.50. The number of rotatable bonds is 0. The molecule has 1 nitrogen and oxygen atoms in total. The molecule has 0 aromatic carbocycles. The fourth-order valence-electron chi connectivity index (χ4n) is 0. The van der Waals surface area contributed by atoms with Crippen molar-refractivity contribution in [1.82, 2.24) is 0 Å². The average molecular weight is 100 g/mol. The molecule has 0 aliphatic heterocycles. The third-order valence-corrected chi connectivity index (χ3v) is 0. The van der Waals surface area contributed by atoms with Gasteiger partial charge >= 0.3 is 0 Å². The Morgan fingerprint density at radius 2 is 1.17 bits per heavy atom. The van der Waals surface area contributed by atoms with Gasteiger partial charge in [0.25, 0.3) is 0 Å². The van der Waals surface area contributed by atoms with Crippen molar-refractivity contribution in [1.29, 1.82) is 5.26 Å². The van der Waals surface area contributed by atoms with Crippen molar-refractivity contribution >= 4 is 8.80 Å². The Hall–Kier alpha value is -0.293. The van der Waals surface area contributed by atoms with Crippen molar-refractivity contribution in [2.24, 2.45) is 0 Å². The molecule has 35 valence electrons. The first-order chi connectivity index (χ1) is 2.73. The summed E-state index contributed by atoms with van der Waals surface area (Å²) < 4.78 is 0. The van der Waals surface area contributed by atoms with Gasteiger partial charge in [0.2, 0.25) is 0 Å². The quantitative estimate of drug-likeness (QED) is 0.423. The molecule has 0 bridgehead atoms. The lowest BCUT2D eigenvalue weighted by Crippen LogP contribution is -1.84. The smallest absolute Gasteiger partial charge is 0.0462 e. The number of nitriles is 1. The summed E-state index contributed by atoms with van der Waals surface area (Å²) in [7, 11) is 0.120. The maximum absolute atomic E-state index is 6.50. The largest absolute Gasteiger partial charge is 0.202 e. The van der Waals surface area contributed by atoms with Crippen LogP contribution in [0.25, 0.3) is 0 Å². The zero-order chi connectivity index (χ0) is 5.58. The lowest BCUT2D eigenvalue weighted by atomic mass is 11.8. The molecule has 0 amide bonds. The van der Waals surface area contributed by atoms with Gasteiger partial charge in [-0.05, 0) is 0 Å². The summed E-state index contributed by atoms with van der Waals surface area (Å²) in [6.45, 7) is 10.3. The average Bonchev–Trinajstić information content (AvgIpc) is 1.41. The molecule has 2 heteroatoms. The van der Waals surface area contributed by atoms with Crippen LogP contribution in [0.4, 0.5) is 0 Å². The molecule has 0 aromatic rings. The summed E-state index contributed by atoms with van der Waals surface area (Å²) in [5, 5.41) is 6.50. The maximum atomic E-state index is 6.50. The van der Waals surface area contributed by atoms with Crippen LogP contribution in [0.1, 0.15) is 0 Å². The van der Waals surface area contributed by atoms with Crippen LogP contribution in [-0.4, -0.2) is 8.80 Å². The molecule has 0 saturated carbocycles. The van der Waals surface area contributed by atoms with E-state index >= 15 is 0 Å². The molecule has 0 heterocycles. The minimum Gasteiger partial charge on any atom is -0.202 e. The fraction of sp³-hybridized carbons (Fsp3) is 0.750. The lowest BCUT2D eigenvalue weighted by Gasteiger charge is -1.75. The molecule has 0 fully saturated rings. The van der Waals surface area contributed by atoms with Crippen LogP contribution in [-0.2, 0) is 0 Å². The summed E-state index contributed by atoms with van der Waals surface area (Å²) in [5.41, 5.74) is 0. The van der Waals surface area contributed by atoms with Crippen LogP contribution in [0, 0.1) is 11.8 Å². The molecule has 0 N–H and O–H groups in total. The predicted molar refractivity (Wildman–Crippen MR) is 30.0 cm³/mol. The van der Waals surface area contributed by atoms with Crippen molar-refractivity contribution in [3.8, 4) is 6.57 Å². The van der Waals surface area contributed by atoms with Crippen molar-refractivity contribution in [3.05, 3.63) is 0 Å². The highest BCUT2D eigenvalue weighted by Gasteiger charge is 1.72. The zero-order valence-corrected chi connectivity index (χ0v) is 5.52. The highest BCUT2D eigenvalue weighted by Crippen LogP contribution is 1.68. The SMILES string of the molecule is C#N.C[Si](C)C. The van der Waals surface area contributed by atoms with Gasteiger partial charge in [0, 0.05) is 15.4 Å². The molecule has 0 aliphatic carbocycles. The zero-order valence-electron chi connectivity index (χ0n) is 4.52. The van der Waals surface area contributed by atoms with Crippen LogP contribution < -0.4 is 0 Å². The van der Waals surface area contributed by atoms with E-state index in [1.54, 1.807) is 0 Å². The van der Waals surface area contributed by atoms with Crippen LogP contribution in [0.2, 0.25) is 19.6 Å². The third kappa shape index (κ3) is 316. The first-order valence-corrected chi connectivity index (χ1v) is 4.76. The Labute approximate surface area is 41.2 Å². The highest BCUT2D eigenvalue weighted by molar-refractivity contribution is 6.54. The predicted octanol–water partition coefficient (Wildman–Crippen LogP) is 1.51. The minimum absolute atomic E-state index is 0.120. The van der Waals surface area contributed by atoms with E-state index in [4.69, 9.17) is 5.26 Å². The Kier molecular flexibility index (Phi) is 13.5. The van der Waals surface area contributed by atoms with Gasteiger partial charge in [-0.25, -0.2) is 5.26 Å². The van der Waals surface area contributed by atoms with Crippen molar-refractivity contribution in [2.75, 3.05) is 0 Å². The van der Waals surface area contributed by atoms with Gasteiger partial charge in [0.1, 0.15) is 0 Å². The molecule has 6 heavy (non-hydrogen) atoms. The van der Waals surface area contributed by atoms with E-state index < -0.39 is 0 Å². The van der Waals surface area contributed by atoms with Gasteiger partial charge < -0.3 is 0 Å². The van der Waals surface area contributed by atoms with E-state index in [-0.39, 0.29) is 8.80 Å². The Bertz CT molecular complexity index is 29.0. The molecule has 0 atom stereocenters. The topological polar surface area (TPSA) is 23.8 Å². The van der Waals surface area contributed by atoms with Gasteiger partial charge in [-0.1, -0.05) is 19.6 Å². The van der Waals surface area contributed by atoms with Crippen molar-refractivity contribution < 1.29 is 0 Å². The standard InChI is InChI=1S/C3H9Si.CHN/c1-4(2)3;1-2/h1-3H3;1H. The van der Waals surface area contributed by atoms with Gasteiger partial charge in [-0.3, -0.25) is 0 Å². The lowest BCUT2D eigenvalue weighted by molar-refractivity contribution is 1.58. The second-order valence-electron chi connectivity index (χ2n) is 1.50. The second kappa shape index (κ2) is 8.83. The Morgan fingerprint density at radius 1 is 1.17 bits per heavy atom. The molecule has 0 rings (SSSR count). The van der Waals surface area contributed by atoms with Crippen LogP contribution in [0.3, 0.4) is 0 Å². The molecule has 0 unspecified atom stereocenters. The first kappa shape index (κ1) is 9.20. The number of hydrogen-bond donors (Lipinski definition) is 0. The number of nitrogens with zero attached hydrogens (tertiary/aromatic N) is 1. The Morgan fingerprint density at radius 3 is 1.17 bits per heavy atom. The summed E-state index contributed by atoms with van der Waals surface area (Å²) in [5.74, 6) is 0. The normalized spacial score (nSPS) is 6.33. The molecule has 0 spiro atoms. The van der Waals surface area contributed by atoms with Gasteiger partial charge in [0.15, 0.2) is 0 Å². The van der Waals surface area contributed by atoms with E-state index in [1.807, 2.05) is 0 Å². The molecule has 0 aliphatic rings. The van der Waals surface area contributed by atoms with E-state index in [9.17, 15) is 0 Å². The summed E-state index contributed by atoms with van der Waals surface area (Å²) in [4.78, 5) is 0. The Balaban J connectivity index is 0. The first-order valence-electron chi connectivity index (χ1n) is 1.76. The van der Waals surface area contributed by atoms with Gasteiger partial charge in [-0.2, -0.15) is 0 Å². The van der Waals surface area contributed by atoms with E-state index in [2.05, 4.69) is 26.2 Å².